The largest absolute Gasteiger partial charge is 0.444 e. The quantitative estimate of drug-likeness (QED) is 0.400. The number of rotatable bonds is 7. The molecule has 39 heavy (non-hydrogen) atoms. The average molecular weight is 552 g/mol. The van der Waals surface area contributed by atoms with Gasteiger partial charge in [0.2, 0.25) is 5.91 Å². The van der Waals surface area contributed by atoms with Crippen LogP contribution in [0.3, 0.4) is 0 Å². The van der Waals surface area contributed by atoms with Crippen molar-refractivity contribution in [2.45, 2.75) is 32.1 Å². The van der Waals surface area contributed by atoms with Crippen molar-refractivity contribution in [3.63, 3.8) is 0 Å². The van der Waals surface area contributed by atoms with E-state index >= 15 is 0 Å². The number of nitrogens with zero attached hydrogens (tertiary/aromatic N) is 3. The summed E-state index contributed by atoms with van der Waals surface area (Å²) < 4.78 is 26.1. The molecule has 2 saturated heterocycles. The first-order valence-electron chi connectivity index (χ1n) is 13.9. The number of hydrogen-bond acceptors (Lipinski definition) is 7. The highest BCUT2D eigenvalue weighted by molar-refractivity contribution is 7.17. The zero-order valence-electron chi connectivity index (χ0n) is 22.1. The lowest BCUT2D eigenvalue weighted by molar-refractivity contribution is -0.152. The Bertz CT molecular complexity index is 1350. The van der Waals surface area contributed by atoms with Gasteiger partial charge in [-0.3, -0.25) is 19.4 Å². The van der Waals surface area contributed by atoms with Crippen LogP contribution in [-0.4, -0.2) is 69.4 Å². The third kappa shape index (κ3) is 5.81. The maximum Gasteiger partial charge on any atom is 0.310 e. The summed E-state index contributed by atoms with van der Waals surface area (Å²) in [7, 11) is 0. The Morgan fingerprint density at radius 3 is 2.67 bits per heavy atom. The molecule has 2 aromatic carbocycles. The van der Waals surface area contributed by atoms with Gasteiger partial charge in [0.15, 0.2) is 6.73 Å². The number of esters is 1. The van der Waals surface area contributed by atoms with Crippen LogP contribution in [0.25, 0.3) is 10.1 Å². The van der Waals surface area contributed by atoms with Crippen molar-refractivity contribution in [2.75, 3.05) is 62.5 Å². The van der Waals surface area contributed by atoms with Gasteiger partial charge in [0.05, 0.1) is 11.6 Å². The molecule has 3 aromatic rings. The molecule has 9 heteroatoms. The van der Waals surface area contributed by atoms with Gasteiger partial charge in [-0.1, -0.05) is 12.1 Å². The first-order valence-corrected chi connectivity index (χ1v) is 14.7. The van der Waals surface area contributed by atoms with Gasteiger partial charge in [-0.05, 0) is 66.5 Å². The van der Waals surface area contributed by atoms with E-state index in [0.717, 1.165) is 71.7 Å². The van der Waals surface area contributed by atoms with Crippen molar-refractivity contribution < 1.29 is 23.5 Å². The van der Waals surface area contributed by atoms with Crippen molar-refractivity contribution in [1.29, 1.82) is 0 Å². The number of halogens is 1. The molecule has 0 N–H and O–H groups in total. The van der Waals surface area contributed by atoms with E-state index in [-0.39, 0.29) is 30.3 Å². The van der Waals surface area contributed by atoms with Gasteiger partial charge in [0.1, 0.15) is 5.82 Å². The summed E-state index contributed by atoms with van der Waals surface area (Å²) in [6, 6.07) is 11.7. The lowest BCUT2D eigenvalue weighted by Gasteiger charge is -2.36. The standard InChI is InChI=1S/C30H34FN3O4S/c31-24-18-27(25-8-16-39-28(25)19-24)33-12-10-32(11-13-33)9-5-21-1-2-22-3-4-29(35)34(26(22)17-21)20-38-30(36)23-6-14-37-15-7-23/h1-2,8,16-19,23H,3-7,9-15,20H2. The van der Waals surface area contributed by atoms with Gasteiger partial charge in [0, 0.05) is 68.1 Å². The molecule has 6 rings (SSSR count). The number of benzene rings is 2. The highest BCUT2D eigenvalue weighted by Crippen LogP contribution is 2.33. The number of carbonyl (C=O) groups excluding carboxylic acids is 2. The van der Waals surface area contributed by atoms with Gasteiger partial charge in [-0.15, -0.1) is 11.3 Å². The van der Waals surface area contributed by atoms with Crippen LogP contribution in [0.2, 0.25) is 0 Å². The maximum atomic E-state index is 14.2. The molecule has 0 spiro atoms. The Hall–Kier alpha value is -3.01. The molecule has 1 aromatic heterocycles. The normalized spacial score (nSPS) is 18.9. The lowest BCUT2D eigenvalue weighted by atomic mass is 9.98. The molecule has 0 unspecified atom stereocenters. The van der Waals surface area contributed by atoms with E-state index in [2.05, 4.69) is 34.1 Å². The summed E-state index contributed by atoms with van der Waals surface area (Å²) in [5, 5.41) is 3.15. The monoisotopic (exact) mass is 551 g/mol. The van der Waals surface area contributed by atoms with Gasteiger partial charge in [-0.25, -0.2) is 4.39 Å². The van der Waals surface area contributed by atoms with Crippen LogP contribution in [0.5, 0.6) is 0 Å². The molecule has 3 aliphatic heterocycles. The molecule has 4 heterocycles. The number of thiophene rings is 1. The fourth-order valence-corrected chi connectivity index (χ4v) is 6.67. The Labute approximate surface area is 232 Å². The smallest absolute Gasteiger partial charge is 0.310 e. The number of ether oxygens (including phenoxy) is 2. The lowest BCUT2D eigenvalue weighted by Crippen LogP contribution is -2.47. The van der Waals surface area contributed by atoms with E-state index in [1.54, 1.807) is 28.4 Å². The molecule has 3 aliphatic rings. The minimum atomic E-state index is -0.244. The molecular formula is C30H34FN3O4S. The minimum absolute atomic E-state index is 0.00683. The molecule has 206 valence electrons. The number of hydrogen-bond donors (Lipinski definition) is 0. The summed E-state index contributed by atoms with van der Waals surface area (Å²) in [6.07, 6.45) is 3.34. The molecule has 0 saturated carbocycles. The molecule has 0 radical (unpaired) electrons. The summed E-state index contributed by atoms with van der Waals surface area (Å²) in [6.45, 7) is 5.58. The zero-order chi connectivity index (χ0) is 26.8. The molecule has 0 bridgehead atoms. The second-order valence-electron chi connectivity index (χ2n) is 10.6. The number of anilines is 2. The van der Waals surface area contributed by atoms with Crippen LogP contribution < -0.4 is 9.80 Å². The predicted octanol–water partition coefficient (Wildman–Crippen LogP) is 4.61. The van der Waals surface area contributed by atoms with Crippen molar-refractivity contribution in [3.8, 4) is 0 Å². The average Bonchev–Trinajstić information content (AvgIpc) is 3.44. The molecular weight excluding hydrogens is 517 g/mol. The second-order valence-corrected chi connectivity index (χ2v) is 11.5. The predicted molar refractivity (Wildman–Crippen MR) is 151 cm³/mol. The van der Waals surface area contributed by atoms with Gasteiger partial charge in [0.25, 0.3) is 0 Å². The van der Waals surface area contributed by atoms with E-state index in [4.69, 9.17) is 9.47 Å². The molecule has 2 fully saturated rings. The van der Waals surface area contributed by atoms with E-state index in [1.165, 1.54) is 0 Å². The fourth-order valence-electron chi connectivity index (χ4n) is 5.84. The summed E-state index contributed by atoms with van der Waals surface area (Å²) in [4.78, 5) is 31.7. The molecule has 0 atom stereocenters. The van der Waals surface area contributed by atoms with Gasteiger partial charge >= 0.3 is 5.97 Å². The van der Waals surface area contributed by atoms with Crippen molar-refractivity contribution in [3.05, 3.63) is 58.7 Å². The number of fused-ring (bicyclic) bond motifs is 2. The summed E-state index contributed by atoms with van der Waals surface area (Å²) in [5.41, 5.74) is 4.13. The first kappa shape index (κ1) is 26.2. The van der Waals surface area contributed by atoms with Crippen LogP contribution in [0, 0.1) is 11.7 Å². The van der Waals surface area contributed by atoms with Gasteiger partial charge in [-0.2, -0.15) is 0 Å². The Morgan fingerprint density at radius 2 is 1.85 bits per heavy atom. The molecule has 0 aliphatic carbocycles. The number of piperazine rings is 1. The zero-order valence-corrected chi connectivity index (χ0v) is 22.9. The summed E-state index contributed by atoms with van der Waals surface area (Å²) >= 11 is 1.58. The minimum Gasteiger partial charge on any atom is -0.444 e. The van der Waals surface area contributed by atoms with Crippen molar-refractivity contribution in [1.82, 2.24) is 4.90 Å². The SMILES string of the molecule is O=C(OCN1C(=O)CCc2ccc(CCN3CCN(c4cc(F)cc5sccc45)CC3)cc21)C1CCOCC1. The summed E-state index contributed by atoms with van der Waals surface area (Å²) in [5.74, 6) is -0.582. The van der Waals surface area contributed by atoms with Crippen LogP contribution in [0.1, 0.15) is 30.4 Å². The highest BCUT2D eigenvalue weighted by Gasteiger charge is 2.28. The number of amides is 1. The van der Waals surface area contributed by atoms with Crippen LogP contribution >= 0.6 is 11.3 Å². The molecule has 1 amide bonds. The van der Waals surface area contributed by atoms with E-state index in [1.807, 2.05) is 5.38 Å². The van der Waals surface area contributed by atoms with Crippen LogP contribution in [0.4, 0.5) is 15.8 Å². The Balaban J connectivity index is 1.05. The van der Waals surface area contributed by atoms with E-state index in [0.29, 0.717) is 38.9 Å². The van der Waals surface area contributed by atoms with Crippen LogP contribution in [0.15, 0.2) is 41.8 Å². The third-order valence-electron chi connectivity index (χ3n) is 8.18. The van der Waals surface area contributed by atoms with Gasteiger partial charge < -0.3 is 14.4 Å². The number of carbonyl (C=O) groups is 2. The Morgan fingerprint density at radius 1 is 1.03 bits per heavy atom. The fraction of sp³-hybridized carbons (Fsp3) is 0.467. The third-order valence-corrected chi connectivity index (χ3v) is 9.05. The van der Waals surface area contributed by atoms with E-state index < -0.39 is 0 Å². The first-order chi connectivity index (χ1) is 19.0. The Kier molecular flexibility index (Phi) is 7.81. The highest BCUT2D eigenvalue weighted by atomic mass is 32.1. The van der Waals surface area contributed by atoms with Crippen LogP contribution in [-0.2, 0) is 31.9 Å². The second kappa shape index (κ2) is 11.6. The number of aryl methyl sites for hydroxylation is 1. The van der Waals surface area contributed by atoms with E-state index in [9.17, 15) is 14.0 Å². The molecule has 7 nitrogen and oxygen atoms in total. The maximum absolute atomic E-state index is 14.2. The van der Waals surface area contributed by atoms with Crippen molar-refractivity contribution in [2.24, 2.45) is 5.92 Å². The van der Waals surface area contributed by atoms with Crippen molar-refractivity contribution >= 4 is 44.7 Å². The topological polar surface area (TPSA) is 62.3 Å².